The van der Waals surface area contributed by atoms with Crippen molar-refractivity contribution >= 4 is 18.8 Å². The van der Waals surface area contributed by atoms with Crippen LogP contribution in [0.1, 0.15) is 16.7 Å². The minimum Gasteiger partial charge on any atom is -0.329 e. The van der Waals surface area contributed by atoms with E-state index in [1.807, 2.05) is 0 Å². The molecule has 1 atom stereocenters. The fourth-order valence-corrected chi connectivity index (χ4v) is 7.78. The van der Waals surface area contributed by atoms with Crippen molar-refractivity contribution in [2.75, 3.05) is 0 Å². The summed E-state index contributed by atoms with van der Waals surface area (Å²) in [7, 11) is -1.16. The van der Waals surface area contributed by atoms with Crippen molar-refractivity contribution < 1.29 is 4.52 Å². The zero-order valence-corrected chi connectivity index (χ0v) is 22.3. The van der Waals surface area contributed by atoms with Crippen LogP contribution in [0.15, 0.2) is 164 Å². The zero-order chi connectivity index (χ0) is 26.1. The van der Waals surface area contributed by atoms with Crippen LogP contribution in [-0.4, -0.2) is 0 Å². The normalized spacial score (nSPS) is 15.6. The predicted molar refractivity (Wildman–Crippen MR) is 164 cm³/mol. The molecule has 1 aliphatic rings. The summed E-state index contributed by atoms with van der Waals surface area (Å²) in [5.41, 5.74) is 7.59. The molecule has 0 spiro atoms. The molecule has 0 fully saturated rings. The highest BCUT2D eigenvalue weighted by Gasteiger charge is 2.49. The second-order valence-electron chi connectivity index (χ2n) is 9.74. The summed E-state index contributed by atoms with van der Waals surface area (Å²) in [5, 5.41) is 2.38. The highest BCUT2D eigenvalue weighted by Crippen LogP contribution is 2.60. The van der Waals surface area contributed by atoms with E-state index >= 15 is 0 Å². The summed E-state index contributed by atoms with van der Waals surface area (Å²) >= 11 is 0. The summed E-state index contributed by atoms with van der Waals surface area (Å²) in [6.45, 7) is 0. The van der Waals surface area contributed by atoms with E-state index < -0.39 is 13.7 Å². The first kappa shape index (κ1) is 23.8. The van der Waals surface area contributed by atoms with E-state index in [9.17, 15) is 0 Å². The molecule has 0 amide bonds. The van der Waals surface area contributed by atoms with Crippen LogP contribution in [0.25, 0.3) is 22.3 Å². The van der Waals surface area contributed by atoms with Gasteiger partial charge in [-0.15, -0.1) is 0 Å². The lowest BCUT2D eigenvalue weighted by molar-refractivity contribution is 0.189. The van der Waals surface area contributed by atoms with Gasteiger partial charge in [-0.1, -0.05) is 164 Å². The summed E-state index contributed by atoms with van der Waals surface area (Å²) in [6, 6.07) is 58.3. The Hall–Kier alpha value is -4.29. The van der Waals surface area contributed by atoms with Crippen LogP contribution >= 0.6 is 8.15 Å². The Balaban J connectivity index is 1.57. The molecule has 39 heavy (non-hydrogen) atoms. The smallest absolute Gasteiger partial charge is 0.150 e. The first-order valence-corrected chi connectivity index (χ1v) is 14.6. The lowest BCUT2D eigenvalue weighted by Crippen LogP contribution is -2.32. The molecule has 0 aromatic heterocycles. The number of benzene rings is 6. The van der Waals surface area contributed by atoms with E-state index in [0.717, 1.165) is 5.56 Å². The molecule has 1 unspecified atom stereocenters. The van der Waals surface area contributed by atoms with E-state index in [-0.39, 0.29) is 0 Å². The van der Waals surface area contributed by atoms with Crippen LogP contribution < -0.4 is 10.6 Å². The van der Waals surface area contributed by atoms with Crippen LogP contribution in [0.2, 0.25) is 0 Å². The van der Waals surface area contributed by atoms with E-state index in [2.05, 4.69) is 164 Å². The van der Waals surface area contributed by atoms with Crippen LogP contribution in [0.5, 0.6) is 0 Å². The summed E-state index contributed by atoms with van der Waals surface area (Å²) in [4.78, 5) is 0. The fraction of sp³-hybridized carbons (Fsp3) is 0.0270. The molecule has 6 aromatic rings. The Morgan fingerprint density at radius 3 is 1.54 bits per heavy atom. The van der Waals surface area contributed by atoms with Crippen molar-refractivity contribution in [3.8, 4) is 22.3 Å². The third-order valence-electron chi connectivity index (χ3n) is 7.49. The average molecular weight is 519 g/mol. The van der Waals surface area contributed by atoms with E-state index in [0.29, 0.717) is 0 Å². The van der Waals surface area contributed by atoms with Crippen molar-refractivity contribution in [1.82, 2.24) is 0 Å². The molecule has 0 saturated carbocycles. The highest BCUT2D eigenvalue weighted by molar-refractivity contribution is 7.68. The van der Waals surface area contributed by atoms with Crippen LogP contribution in [0.3, 0.4) is 0 Å². The van der Waals surface area contributed by atoms with Gasteiger partial charge < -0.3 is 4.52 Å². The predicted octanol–water partition coefficient (Wildman–Crippen LogP) is 8.69. The van der Waals surface area contributed by atoms with Crippen LogP contribution in [0, 0.1) is 0 Å². The first-order valence-electron chi connectivity index (χ1n) is 13.3. The molecular weight excluding hydrogens is 491 g/mol. The molecule has 7 rings (SSSR count). The minimum atomic E-state index is -1.16. The Labute approximate surface area is 231 Å². The van der Waals surface area contributed by atoms with Crippen molar-refractivity contribution in [3.63, 3.8) is 0 Å². The summed E-state index contributed by atoms with van der Waals surface area (Å²) in [6.07, 6.45) is 0. The first-order chi connectivity index (χ1) is 19.4. The van der Waals surface area contributed by atoms with Gasteiger partial charge in [0.15, 0.2) is 5.60 Å². The maximum absolute atomic E-state index is 7.74. The maximum Gasteiger partial charge on any atom is 0.150 e. The second kappa shape index (κ2) is 10.1. The highest BCUT2D eigenvalue weighted by atomic mass is 31.1. The second-order valence-corrected chi connectivity index (χ2v) is 11.5. The Morgan fingerprint density at radius 2 is 0.897 bits per heavy atom. The van der Waals surface area contributed by atoms with Gasteiger partial charge in [-0.25, -0.2) is 0 Å². The Bertz CT molecular complexity index is 1680. The largest absolute Gasteiger partial charge is 0.329 e. The number of rotatable bonds is 6. The minimum absolute atomic E-state index is 0.795. The average Bonchev–Trinajstić information content (AvgIpc) is 3.32. The lowest BCUT2D eigenvalue weighted by atomic mass is 9.81. The molecule has 0 N–H and O–H groups in total. The van der Waals surface area contributed by atoms with Gasteiger partial charge in [0.25, 0.3) is 0 Å². The summed E-state index contributed by atoms with van der Waals surface area (Å²) < 4.78 is 7.74. The SMILES string of the molecule is c1ccc(-c2cccc3c2C(OP(c2ccccc2)c2ccccc2)(c2ccccc2)c2ccccc2-3)cc1. The van der Waals surface area contributed by atoms with Gasteiger partial charge >= 0.3 is 0 Å². The third-order valence-corrected chi connectivity index (χ3v) is 9.48. The molecule has 0 bridgehead atoms. The number of hydrogen-bond acceptors (Lipinski definition) is 1. The zero-order valence-electron chi connectivity index (χ0n) is 21.4. The molecule has 0 aliphatic heterocycles. The molecule has 0 heterocycles. The van der Waals surface area contributed by atoms with Gasteiger partial charge in [0.2, 0.25) is 0 Å². The van der Waals surface area contributed by atoms with Gasteiger partial charge in [-0.05, 0) is 27.8 Å². The van der Waals surface area contributed by atoms with Crippen molar-refractivity contribution in [3.05, 3.63) is 180 Å². The third kappa shape index (κ3) is 4.03. The molecule has 0 saturated heterocycles. The molecular formula is C37H27OP. The Kier molecular flexibility index (Phi) is 6.17. The molecule has 0 radical (unpaired) electrons. The lowest BCUT2D eigenvalue weighted by Gasteiger charge is -2.37. The molecule has 1 aliphatic carbocycles. The van der Waals surface area contributed by atoms with Gasteiger partial charge in [-0.3, -0.25) is 0 Å². The van der Waals surface area contributed by atoms with Gasteiger partial charge in [0.05, 0.1) is 8.15 Å². The molecule has 2 heteroatoms. The van der Waals surface area contributed by atoms with Crippen molar-refractivity contribution in [1.29, 1.82) is 0 Å². The van der Waals surface area contributed by atoms with Crippen LogP contribution in [0.4, 0.5) is 0 Å². The quantitative estimate of drug-likeness (QED) is 0.200. The van der Waals surface area contributed by atoms with Crippen molar-refractivity contribution in [2.45, 2.75) is 5.60 Å². The van der Waals surface area contributed by atoms with Gasteiger partial charge in [-0.2, -0.15) is 0 Å². The fourth-order valence-electron chi connectivity index (χ4n) is 5.81. The van der Waals surface area contributed by atoms with E-state index in [1.165, 1.54) is 44.0 Å². The van der Waals surface area contributed by atoms with Gasteiger partial charge in [0.1, 0.15) is 0 Å². The number of fused-ring (bicyclic) bond motifs is 3. The standard InChI is InChI=1S/C37H27OP/c1-5-16-28(17-6-1)32-25-15-26-34-33-24-13-14-27-35(33)37(36(32)34,29-18-7-2-8-19-29)38-39(30-20-9-3-10-21-30)31-22-11-4-12-23-31/h1-27H. The van der Waals surface area contributed by atoms with E-state index in [1.54, 1.807) is 0 Å². The molecule has 1 nitrogen and oxygen atoms in total. The molecule has 6 aromatic carbocycles. The topological polar surface area (TPSA) is 9.23 Å². The van der Waals surface area contributed by atoms with E-state index in [4.69, 9.17) is 4.52 Å². The van der Waals surface area contributed by atoms with Crippen LogP contribution in [-0.2, 0) is 10.1 Å². The monoisotopic (exact) mass is 518 g/mol. The van der Waals surface area contributed by atoms with Gasteiger partial charge in [0, 0.05) is 21.7 Å². The summed E-state index contributed by atoms with van der Waals surface area (Å²) in [5.74, 6) is 0. The molecule has 186 valence electrons. The maximum atomic E-state index is 7.74. The number of hydrogen-bond donors (Lipinski definition) is 0. The Morgan fingerprint density at radius 1 is 0.410 bits per heavy atom. The van der Waals surface area contributed by atoms with Crippen molar-refractivity contribution in [2.24, 2.45) is 0 Å².